The minimum absolute atomic E-state index is 0.00260. The van der Waals surface area contributed by atoms with Crippen molar-refractivity contribution in [1.82, 2.24) is 4.90 Å². The van der Waals surface area contributed by atoms with E-state index >= 15 is 0 Å². The van der Waals surface area contributed by atoms with E-state index in [0.29, 0.717) is 18.4 Å². The third-order valence-electron chi connectivity index (χ3n) is 4.33. The fourth-order valence-corrected chi connectivity index (χ4v) is 3.32. The Labute approximate surface area is 115 Å². The van der Waals surface area contributed by atoms with Gasteiger partial charge in [0.2, 0.25) is 0 Å². The predicted molar refractivity (Wildman–Crippen MR) is 75.4 cm³/mol. The summed E-state index contributed by atoms with van der Waals surface area (Å²) in [4.78, 5) is 2.34. The fourth-order valence-electron chi connectivity index (χ4n) is 3.32. The summed E-state index contributed by atoms with van der Waals surface area (Å²) in [6.45, 7) is 5.73. The van der Waals surface area contributed by atoms with E-state index in [1.807, 2.05) is 0 Å². The predicted octanol–water partition coefficient (Wildman–Crippen LogP) is 1.93. The Bertz CT molecular complexity index is 325. The van der Waals surface area contributed by atoms with E-state index in [0.717, 1.165) is 19.4 Å². The lowest BCUT2D eigenvalue weighted by atomic mass is 10.1. The second-order valence-corrected chi connectivity index (χ2v) is 6.50. The average molecular weight is 269 g/mol. The molecule has 5 heteroatoms. The van der Waals surface area contributed by atoms with Gasteiger partial charge in [-0.2, -0.15) is 0 Å². The second kappa shape index (κ2) is 6.09. The highest BCUT2D eigenvalue weighted by Crippen LogP contribution is 2.31. The van der Waals surface area contributed by atoms with Crippen LogP contribution in [0, 0.1) is 0 Å². The molecule has 1 saturated heterocycles. The van der Waals surface area contributed by atoms with Gasteiger partial charge in [0.05, 0.1) is 18.2 Å². The minimum Gasteiger partial charge on any atom is -0.409 e. The highest BCUT2D eigenvalue weighted by Gasteiger charge is 2.34. The van der Waals surface area contributed by atoms with E-state index in [-0.39, 0.29) is 11.7 Å². The molecule has 1 aliphatic carbocycles. The zero-order valence-corrected chi connectivity index (χ0v) is 12.1. The molecule has 0 aromatic heterocycles. The van der Waals surface area contributed by atoms with Crippen LogP contribution in [-0.4, -0.2) is 46.8 Å². The highest BCUT2D eigenvalue weighted by atomic mass is 16.5. The quantitative estimate of drug-likeness (QED) is 0.346. The van der Waals surface area contributed by atoms with Crippen LogP contribution in [0.25, 0.3) is 0 Å². The maximum absolute atomic E-state index is 8.78. The van der Waals surface area contributed by atoms with Gasteiger partial charge in [0.25, 0.3) is 0 Å². The van der Waals surface area contributed by atoms with E-state index in [1.165, 1.54) is 25.7 Å². The van der Waals surface area contributed by atoms with Crippen LogP contribution in [0.1, 0.15) is 52.4 Å². The van der Waals surface area contributed by atoms with E-state index in [9.17, 15) is 0 Å². The van der Waals surface area contributed by atoms with Gasteiger partial charge in [-0.25, -0.2) is 0 Å². The third kappa shape index (κ3) is 4.08. The number of oxime groups is 1. The number of rotatable bonds is 5. The first kappa shape index (κ1) is 14.6. The normalized spacial score (nSPS) is 28.4. The van der Waals surface area contributed by atoms with Crippen molar-refractivity contribution in [2.75, 3.05) is 13.1 Å². The van der Waals surface area contributed by atoms with Crippen LogP contribution in [0.3, 0.4) is 0 Å². The van der Waals surface area contributed by atoms with Crippen molar-refractivity contribution in [2.45, 2.75) is 70.1 Å². The van der Waals surface area contributed by atoms with Crippen molar-refractivity contribution in [3.63, 3.8) is 0 Å². The zero-order valence-electron chi connectivity index (χ0n) is 12.1. The maximum atomic E-state index is 8.78. The summed E-state index contributed by atoms with van der Waals surface area (Å²) in [5, 5.41) is 11.9. The first-order valence-electron chi connectivity index (χ1n) is 7.38. The van der Waals surface area contributed by atoms with Crippen molar-refractivity contribution in [3.8, 4) is 0 Å². The van der Waals surface area contributed by atoms with Gasteiger partial charge >= 0.3 is 0 Å². The van der Waals surface area contributed by atoms with Crippen LogP contribution >= 0.6 is 0 Å². The third-order valence-corrected chi connectivity index (χ3v) is 4.33. The molecule has 0 spiro atoms. The average Bonchev–Trinajstić information content (AvgIpc) is 2.97. The van der Waals surface area contributed by atoms with Gasteiger partial charge in [-0.1, -0.05) is 18.0 Å². The molecule has 1 heterocycles. The van der Waals surface area contributed by atoms with Crippen molar-refractivity contribution in [1.29, 1.82) is 0 Å². The first-order chi connectivity index (χ1) is 9.00. The molecule has 0 amide bonds. The number of nitrogens with two attached hydrogens (primary N) is 1. The van der Waals surface area contributed by atoms with E-state index in [1.54, 1.807) is 0 Å². The number of ether oxygens (including phenoxy) is 1. The Kier molecular flexibility index (Phi) is 4.68. The molecule has 0 radical (unpaired) electrons. The summed E-state index contributed by atoms with van der Waals surface area (Å²) < 4.78 is 6.07. The molecule has 1 aliphatic heterocycles. The van der Waals surface area contributed by atoms with E-state index in [2.05, 4.69) is 23.9 Å². The van der Waals surface area contributed by atoms with E-state index < -0.39 is 0 Å². The lowest BCUT2D eigenvalue weighted by molar-refractivity contribution is -0.0314. The van der Waals surface area contributed by atoms with E-state index in [4.69, 9.17) is 15.7 Å². The summed E-state index contributed by atoms with van der Waals surface area (Å²) >= 11 is 0. The number of amidine groups is 1. The second-order valence-electron chi connectivity index (χ2n) is 6.50. The van der Waals surface area contributed by atoms with Gasteiger partial charge in [0.15, 0.2) is 5.84 Å². The first-order valence-corrected chi connectivity index (χ1v) is 7.38. The smallest absolute Gasteiger partial charge is 0.153 e. The Morgan fingerprint density at radius 1 is 1.37 bits per heavy atom. The maximum Gasteiger partial charge on any atom is 0.153 e. The van der Waals surface area contributed by atoms with Crippen molar-refractivity contribution < 1.29 is 9.94 Å². The molecule has 1 saturated carbocycles. The van der Waals surface area contributed by atoms with Crippen LogP contribution in [0.15, 0.2) is 5.16 Å². The van der Waals surface area contributed by atoms with Gasteiger partial charge in [0.1, 0.15) is 0 Å². The molecule has 1 unspecified atom stereocenters. The molecule has 3 N–H and O–H groups in total. The minimum atomic E-state index is 0.00260. The summed E-state index contributed by atoms with van der Waals surface area (Å²) in [6.07, 6.45) is 7.50. The van der Waals surface area contributed by atoms with Crippen LogP contribution in [0.5, 0.6) is 0 Å². The summed E-state index contributed by atoms with van der Waals surface area (Å²) in [5.74, 6) is 0.296. The van der Waals surface area contributed by atoms with Crippen molar-refractivity contribution in [2.24, 2.45) is 10.9 Å². The van der Waals surface area contributed by atoms with Gasteiger partial charge in [0, 0.05) is 12.6 Å². The Morgan fingerprint density at radius 2 is 2.05 bits per heavy atom. The SMILES string of the molecule is CC1(C)CCC(CN(CC(N)=NO)C2CCCC2)O1. The molecular formula is C14H27N3O2. The Morgan fingerprint density at radius 3 is 2.58 bits per heavy atom. The molecule has 2 rings (SSSR count). The fraction of sp³-hybridized carbons (Fsp3) is 0.929. The number of nitrogens with zero attached hydrogens (tertiary/aromatic N) is 2. The highest BCUT2D eigenvalue weighted by molar-refractivity contribution is 5.81. The summed E-state index contributed by atoms with van der Waals surface area (Å²) in [7, 11) is 0. The van der Waals surface area contributed by atoms with Crippen LogP contribution in [0.2, 0.25) is 0 Å². The van der Waals surface area contributed by atoms with Crippen LogP contribution in [-0.2, 0) is 4.74 Å². The Hall–Kier alpha value is -0.810. The Balaban J connectivity index is 1.93. The molecule has 1 atom stereocenters. The lowest BCUT2D eigenvalue weighted by Crippen LogP contribution is -2.44. The standard InChI is InChI=1S/C14H27N3O2/c1-14(2)8-7-12(19-14)9-17(10-13(15)16-18)11-5-3-4-6-11/h11-12,18H,3-10H2,1-2H3,(H2,15,16). The zero-order chi connectivity index (χ0) is 13.9. The lowest BCUT2D eigenvalue weighted by Gasteiger charge is -2.31. The molecule has 110 valence electrons. The number of hydrogen-bond acceptors (Lipinski definition) is 4. The molecule has 2 aliphatic rings. The summed E-state index contributed by atoms with van der Waals surface area (Å²) in [5.41, 5.74) is 5.69. The van der Waals surface area contributed by atoms with Gasteiger partial charge < -0.3 is 15.7 Å². The monoisotopic (exact) mass is 269 g/mol. The molecular weight excluding hydrogens is 242 g/mol. The topological polar surface area (TPSA) is 71.1 Å². The molecule has 19 heavy (non-hydrogen) atoms. The van der Waals surface area contributed by atoms with Gasteiger partial charge in [-0.05, 0) is 39.5 Å². The van der Waals surface area contributed by atoms with Gasteiger partial charge in [-0.15, -0.1) is 0 Å². The van der Waals surface area contributed by atoms with Crippen molar-refractivity contribution >= 4 is 5.84 Å². The van der Waals surface area contributed by atoms with Crippen molar-refractivity contribution in [3.05, 3.63) is 0 Å². The molecule has 0 aromatic carbocycles. The largest absolute Gasteiger partial charge is 0.409 e. The molecule has 0 aromatic rings. The van der Waals surface area contributed by atoms with Gasteiger partial charge in [-0.3, -0.25) is 4.90 Å². The summed E-state index contributed by atoms with van der Waals surface area (Å²) in [6, 6.07) is 0.563. The van der Waals surface area contributed by atoms with Crippen LogP contribution in [0.4, 0.5) is 0 Å². The number of hydrogen-bond donors (Lipinski definition) is 2. The van der Waals surface area contributed by atoms with Crippen LogP contribution < -0.4 is 5.73 Å². The molecule has 5 nitrogen and oxygen atoms in total. The molecule has 2 fully saturated rings. The molecule has 0 bridgehead atoms.